The van der Waals surface area contributed by atoms with Gasteiger partial charge in [-0.25, -0.2) is 0 Å². The first-order chi connectivity index (χ1) is 11.3. The Morgan fingerprint density at radius 3 is 2.61 bits per heavy atom. The van der Waals surface area contributed by atoms with Crippen LogP contribution in [0.1, 0.15) is 33.9 Å². The monoisotopic (exact) mass is 300 g/mol. The van der Waals surface area contributed by atoms with Crippen LogP contribution >= 0.6 is 0 Å². The van der Waals surface area contributed by atoms with Gasteiger partial charge in [-0.15, -0.1) is 0 Å². The highest BCUT2D eigenvalue weighted by atomic mass is 16.1. The Morgan fingerprint density at radius 2 is 1.83 bits per heavy atom. The molecule has 0 bridgehead atoms. The number of nitrogens with zero attached hydrogens (tertiary/aromatic N) is 2. The molecule has 3 unspecified atom stereocenters. The smallest absolute Gasteiger partial charge is 0.185 e. The highest BCUT2D eigenvalue weighted by Gasteiger charge is 2.45. The molecule has 4 rings (SSSR count). The summed E-state index contributed by atoms with van der Waals surface area (Å²) >= 11 is 0. The van der Waals surface area contributed by atoms with Crippen molar-refractivity contribution < 1.29 is 4.79 Å². The molecular weight excluding hydrogens is 284 g/mol. The second-order valence-corrected chi connectivity index (χ2v) is 6.05. The molecular formula is C20H16N2O. The number of carbonyl (C=O) groups excluding carboxylic acids is 1. The topological polar surface area (TPSA) is 44.1 Å². The summed E-state index contributed by atoms with van der Waals surface area (Å²) in [7, 11) is 0. The summed E-state index contributed by atoms with van der Waals surface area (Å²) in [5.41, 5.74) is 2.99. The first-order valence-electron chi connectivity index (χ1n) is 7.83. The van der Waals surface area contributed by atoms with Crippen LogP contribution in [0.3, 0.4) is 0 Å². The van der Waals surface area contributed by atoms with Gasteiger partial charge in [-0.05, 0) is 23.6 Å². The fourth-order valence-corrected chi connectivity index (χ4v) is 3.73. The molecule has 2 heterocycles. The minimum absolute atomic E-state index is 0.0288. The van der Waals surface area contributed by atoms with Crippen molar-refractivity contribution in [3.63, 3.8) is 0 Å². The number of nitriles is 1. The predicted octanol–water partition coefficient (Wildman–Crippen LogP) is 3.81. The average molecular weight is 300 g/mol. The molecule has 3 atom stereocenters. The van der Waals surface area contributed by atoms with E-state index in [-0.39, 0.29) is 23.8 Å². The van der Waals surface area contributed by atoms with Crippen LogP contribution in [0.2, 0.25) is 0 Å². The molecule has 1 saturated heterocycles. The van der Waals surface area contributed by atoms with Gasteiger partial charge in [0.15, 0.2) is 5.78 Å². The van der Waals surface area contributed by atoms with E-state index in [4.69, 9.17) is 0 Å². The predicted molar refractivity (Wildman–Crippen MR) is 88.3 cm³/mol. The summed E-state index contributed by atoms with van der Waals surface area (Å²) in [5.74, 6) is -0.0730. The van der Waals surface area contributed by atoms with Crippen molar-refractivity contribution in [3.8, 4) is 6.07 Å². The molecule has 2 aromatic carbocycles. The molecule has 2 aliphatic rings. The minimum atomic E-state index is -0.267. The van der Waals surface area contributed by atoms with E-state index in [9.17, 15) is 10.1 Å². The van der Waals surface area contributed by atoms with E-state index < -0.39 is 0 Å². The third-order valence-electron chi connectivity index (χ3n) is 4.81. The maximum absolute atomic E-state index is 12.9. The third kappa shape index (κ3) is 2.15. The molecule has 0 amide bonds. The number of Topliss-reactive ketones (excluding diaryl/α,β-unsaturated/α-hetero) is 1. The van der Waals surface area contributed by atoms with E-state index in [1.807, 2.05) is 54.7 Å². The molecule has 0 saturated carbocycles. The number of carbonyl (C=O) groups is 1. The van der Waals surface area contributed by atoms with E-state index in [2.05, 4.69) is 23.1 Å². The Morgan fingerprint density at radius 1 is 1.09 bits per heavy atom. The molecule has 0 N–H and O–H groups in total. The normalized spacial score (nSPS) is 24.7. The maximum atomic E-state index is 12.9. The molecule has 3 nitrogen and oxygen atoms in total. The van der Waals surface area contributed by atoms with E-state index >= 15 is 0 Å². The van der Waals surface area contributed by atoms with Crippen LogP contribution in [0.4, 0.5) is 0 Å². The SMILES string of the molecule is N#CC1CC(C(=O)c2ccccc2)N2C=Cc3ccccc3C12. The van der Waals surface area contributed by atoms with E-state index in [0.717, 1.165) is 11.1 Å². The Bertz CT molecular complexity index is 819. The lowest BCUT2D eigenvalue weighted by Crippen LogP contribution is -2.35. The number of hydrogen-bond donors (Lipinski definition) is 0. The molecule has 23 heavy (non-hydrogen) atoms. The lowest BCUT2D eigenvalue weighted by Gasteiger charge is -2.33. The Hall–Kier alpha value is -2.86. The Labute approximate surface area is 135 Å². The van der Waals surface area contributed by atoms with Gasteiger partial charge in [-0.2, -0.15) is 5.26 Å². The molecule has 0 spiro atoms. The van der Waals surface area contributed by atoms with Crippen LogP contribution in [-0.4, -0.2) is 16.7 Å². The number of benzene rings is 2. The van der Waals surface area contributed by atoms with Crippen molar-refractivity contribution in [2.24, 2.45) is 5.92 Å². The van der Waals surface area contributed by atoms with Gasteiger partial charge in [0.25, 0.3) is 0 Å². The fourth-order valence-electron chi connectivity index (χ4n) is 3.73. The number of rotatable bonds is 2. The number of hydrogen-bond acceptors (Lipinski definition) is 3. The third-order valence-corrected chi connectivity index (χ3v) is 4.81. The lowest BCUT2D eigenvalue weighted by molar-refractivity contribution is 0.0885. The molecule has 2 aliphatic heterocycles. The molecule has 0 aromatic heterocycles. The van der Waals surface area contributed by atoms with Crippen molar-refractivity contribution in [1.29, 1.82) is 5.26 Å². The van der Waals surface area contributed by atoms with Gasteiger partial charge in [0, 0.05) is 11.8 Å². The van der Waals surface area contributed by atoms with Crippen LogP contribution in [0, 0.1) is 17.2 Å². The van der Waals surface area contributed by atoms with Crippen LogP contribution in [-0.2, 0) is 0 Å². The van der Waals surface area contributed by atoms with Crippen LogP contribution in [0.25, 0.3) is 6.08 Å². The zero-order valence-corrected chi connectivity index (χ0v) is 12.6. The van der Waals surface area contributed by atoms with Crippen molar-refractivity contribution in [2.45, 2.75) is 18.5 Å². The van der Waals surface area contributed by atoms with Gasteiger partial charge in [0.05, 0.1) is 24.1 Å². The van der Waals surface area contributed by atoms with E-state index in [0.29, 0.717) is 12.0 Å². The number of fused-ring (bicyclic) bond motifs is 3. The average Bonchev–Trinajstić information content (AvgIpc) is 3.01. The summed E-state index contributed by atoms with van der Waals surface area (Å²) in [6.45, 7) is 0. The molecule has 3 heteroatoms. The standard InChI is InChI=1S/C20H16N2O/c21-13-16-12-18(20(23)15-7-2-1-3-8-15)22-11-10-14-6-4-5-9-17(14)19(16)22/h1-11,16,18-19H,12H2. The maximum Gasteiger partial charge on any atom is 0.185 e. The Kier molecular flexibility index (Phi) is 3.24. The summed E-state index contributed by atoms with van der Waals surface area (Å²) in [6.07, 6.45) is 4.60. The largest absolute Gasteiger partial charge is 0.359 e. The summed E-state index contributed by atoms with van der Waals surface area (Å²) in [5, 5.41) is 9.59. The van der Waals surface area contributed by atoms with Crippen molar-refractivity contribution in [1.82, 2.24) is 4.90 Å². The van der Waals surface area contributed by atoms with Gasteiger partial charge in [0.2, 0.25) is 0 Å². The van der Waals surface area contributed by atoms with Gasteiger partial charge in [-0.1, -0.05) is 54.6 Å². The summed E-state index contributed by atoms with van der Waals surface area (Å²) in [6, 6.07) is 19.6. The van der Waals surface area contributed by atoms with E-state index in [1.165, 1.54) is 0 Å². The lowest BCUT2D eigenvalue weighted by atomic mass is 9.89. The molecule has 1 fully saturated rings. The van der Waals surface area contributed by atoms with Gasteiger partial charge < -0.3 is 4.90 Å². The molecule has 0 radical (unpaired) electrons. The summed E-state index contributed by atoms with van der Waals surface area (Å²) in [4.78, 5) is 15.0. The highest BCUT2D eigenvalue weighted by Crippen LogP contribution is 2.45. The highest BCUT2D eigenvalue weighted by molar-refractivity contribution is 6.00. The molecule has 0 aliphatic carbocycles. The van der Waals surface area contributed by atoms with Crippen LogP contribution in [0.15, 0.2) is 60.8 Å². The van der Waals surface area contributed by atoms with Crippen molar-refractivity contribution >= 4 is 11.9 Å². The van der Waals surface area contributed by atoms with Gasteiger partial charge >= 0.3 is 0 Å². The first-order valence-corrected chi connectivity index (χ1v) is 7.83. The van der Waals surface area contributed by atoms with E-state index in [1.54, 1.807) is 0 Å². The molecule has 112 valence electrons. The Balaban J connectivity index is 1.74. The van der Waals surface area contributed by atoms with Crippen molar-refractivity contribution in [3.05, 3.63) is 77.5 Å². The van der Waals surface area contributed by atoms with Gasteiger partial charge in [-0.3, -0.25) is 4.79 Å². The summed E-state index contributed by atoms with van der Waals surface area (Å²) < 4.78 is 0. The van der Waals surface area contributed by atoms with Crippen LogP contribution < -0.4 is 0 Å². The first kappa shape index (κ1) is 13.8. The van der Waals surface area contributed by atoms with Gasteiger partial charge in [0.1, 0.15) is 0 Å². The minimum Gasteiger partial charge on any atom is -0.359 e. The fraction of sp³-hybridized carbons (Fsp3) is 0.200. The zero-order chi connectivity index (χ0) is 15.8. The van der Waals surface area contributed by atoms with Crippen molar-refractivity contribution in [2.75, 3.05) is 0 Å². The second-order valence-electron chi connectivity index (χ2n) is 6.05. The zero-order valence-electron chi connectivity index (χ0n) is 12.6. The molecule has 2 aromatic rings. The quantitative estimate of drug-likeness (QED) is 0.792. The second kappa shape index (κ2) is 5.40. The van der Waals surface area contributed by atoms with Crippen LogP contribution in [0.5, 0.6) is 0 Å². The number of ketones is 1.